The van der Waals surface area contributed by atoms with Gasteiger partial charge in [-0.2, -0.15) is 0 Å². The van der Waals surface area contributed by atoms with E-state index in [9.17, 15) is 0 Å². The van der Waals surface area contributed by atoms with Crippen LogP contribution in [0.4, 0.5) is 0 Å². The van der Waals surface area contributed by atoms with Crippen LogP contribution in [-0.4, -0.2) is 0 Å². The van der Waals surface area contributed by atoms with Gasteiger partial charge in [0.1, 0.15) is 0 Å². The molecule has 3 aromatic carbocycles. The molecule has 3 aromatic rings. The van der Waals surface area contributed by atoms with Crippen molar-refractivity contribution >= 4 is 31.9 Å². The summed E-state index contributed by atoms with van der Waals surface area (Å²) in [7, 11) is 0. The van der Waals surface area contributed by atoms with E-state index in [1.54, 1.807) is 0 Å². The number of rotatable bonds is 0. The largest absolute Gasteiger partial charge is 0.0622 e. The van der Waals surface area contributed by atoms with Crippen LogP contribution in [0, 0.1) is 23.7 Å². The second-order valence-corrected chi connectivity index (χ2v) is 6.75. The SMILES string of the molecule is Brc1cc(Br)c(C#Cc2ccccc2)cc1C#Cc1ccccc1. The van der Waals surface area contributed by atoms with Gasteiger partial charge in [-0.05, 0) is 68.3 Å². The van der Waals surface area contributed by atoms with E-state index in [1.165, 1.54) is 0 Å². The minimum atomic E-state index is 0.916. The van der Waals surface area contributed by atoms with Gasteiger partial charge >= 0.3 is 0 Å². The highest BCUT2D eigenvalue weighted by molar-refractivity contribution is 9.11. The molecule has 0 unspecified atom stereocenters. The van der Waals surface area contributed by atoms with E-state index in [-0.39, 0.29) is 0 Å². The molecule has 0 N–H and O–H groups in total. The normalized spacial score (nSPS) is 9.42. The highest BCUT2D eigenvalue weighted by Gasteiger charge is 2.03. The Morgan fingerprint density at radius 2 is 0.917 bits per heavy atom. The molecule has 0 amide bonds. The first-order valence-electron chi connectivity index (χ1n) is 7.35. The lowest BCUT2D eigenvalue weighted by molar-refractivity contribution is 1.51. The maximum atomic E-state index is 3.57. The molecule has 114 valence electrons. The van der Waals surface area contributed by atoms with Crippen LogP contribution in [0.5, 0.6) is 0 Å². The minimum Gasteiger partial charge on any atom is -0.0622 e. The maximum absolute atomic E-state index is 3.57. The molecule has 0 aliphatic heterocycles. The van der Waals surface area contributed by atoms with E-state index in [1.807, 2.05) is 72.8 Å². The highest BCUT2D eigenvalue weighted by Crippen LogP contribution is 2.25. The molecule has 0 fully saturated rings. The van der Waals surface area contributed by atoms with Gasteiger partial charge in [0.2, 0.25) is 0 Å². The van der Waals surface area contributed by atoms with E-state index in [0.717, 1.165) is 31.2 Å². The average molecular weight is 436 g/mol. The van der Waals surface area contributed by atoms with Crippen molar-refractivity contribution in [3.63, 3.8) is 0 Å². The summed E-state index contributed by atoms with van der Waals surface area (Å²) in [4.78, 5) is 0. The summed E-state index contributed by atoms with van der Waals surface area (Å²) in [6.07, 6.45) is 0. The lowest BCUT2D eigenvalue weighted by Gasteiger charge is -2.01. The van der Waals surface area contributed by atoms with Gasteiger partial charge < -0.3 is 0 Å². The highest BCUT2D eigenvalue weighted by atomic mass is 79.9. The maximum Gasteiger partial charge on any atom is 0.0404 e. The van der Waals surface area contributed by atoms with Crippen LogP contribution >= 0.6 is 31.9 Å². The van der Waals surface area contributed by atoms with E-state index in [2.05, 4.69) is 55.5 Å². The Labute approximate surface area is 159 Å². The lowest BCUT2D eigenvalue weighted by Crippen LogP contribution is -1.85. The Hall–Kier alpha value is -2.26. The van der Waals surface area contributed by atoms with E-state index in [4.69, 9.17) is 0 Å². The zero-order valence-corrected chi connectivity index (χ0v) is 15.9. The molecule has 0 aliphatic rings. The fourth-order valence-corrected chi connectivity index (χ4v) is 3.25. The van der Waals surface area contributed by atoms with Crippen molar-refractivity contribution in [2.45, 2.75) is 0 Å². The molecule has 0 saturated carbocycles. The van der Waals surface area contributed by atoms with Gasteiger partial charge in [-0.25, -0.2) is 0 Å². The van der Waals surface area contributed by atoms with Crippen molar-refractivity contribution in [1.29, 1.82) is 0 Å². The number of hydrogen-bond acceptors (Lipinski definition) is 0. The molecule has 0 bridgehead atoms. The Balaban J connectivity index is 1.95. The van der Waals surface area contributed by atoms with Crippen LogP contribution in [-0.2, 0) is 0 Å². The Morgan fingerprint density at radius 1 is 0.500 bits per heavy atom. The second-order valence-electron chi connectivity index (χ2n) is 5.04. The topological polar surface area (TPSA) is 0 Å². The lowest BCUT2D eigenvalue weighted by atomic mass is 10.1. The molecule has 0 aromatic heterocycles. The fourth-order valence-electron chi connectivity index (χ4n) is 2.06. The van der Waals surface area contributed by atoms with Gasteiger partial charge in [-0.3, -0.25) is 0 Å². The zero-order chi connectivity index (χ0) is 16.8. The monoisotopic (exact) mass is 434 g/mol. The fraction of sp³-hybridized carbons (Fsp3) is 0. The van der Waals surface area contributed by atoms with E-state index in [0.29, 0.717) is 0 Å². The average Bonchev–Trinajstić information content (AvgIpc) is 2.62. The van der Waals surface area contributed by atoms with Gasteiger partial charge in [0.25, 0.3) is 0 Å². The number of benzene rings is 3. The molecule has 0 spiro atoms. The Morgan fingerprint density at radius 3 is 1.33 bits per heavy atom. The number of halogens is 2. The van der Waals surface area contributed by atoms with E-state index >= 15 is 0 Å². The van der Waals surface area contributed by atoms with Crippen LogP contribution < -0.4 is 0 Å². The van der Waals surface area contributed by atoms with Crippen molar-refractivity contribution in [3.8, 4) is 23.7 Å². The van der Waals surface area contributed by atoms with Crippen molar-refractivity contribution in [1.82, 2.24) is 0 Å². The molecule has 0 nitrogen and oxygen atoms in total. The number of hydrogen-bond donors (Lipinski definition) is 0. The van der Waals surface area contributed by atoms with Crippen molar-refractivity contribution < 1.29 is 0 Å². The van der Waals surface area contributed by atoms with Gasteiger partial charge in [0.15, 0.2) is 0 Å². The summed E-state index contributed by atoms with van der Waals surface area (Å²) in [6.45, 7) is 0. The molecule has 3 rings (SSSR count). The third-order valence-electron chi connectivity index (χ3n) is 3.29. The summed E-state index contributed by atoms with van der Waals surface area (Å²) < 4.78 is 1.89. The molecule has 0 aliphatic carbocycles. The first-order valence-corrected chi connectivity index (χ1v) is 8.94. The van der Waals surface area contributed by atoms with Crippen molar-refractivity contribution in [2.24, 2.45) is 0 Å². The molecule has 0 atom stereocenters. The first-order chi connectivity index (χ1) is 11.7. The van der Waals surface area contributed by atoms with Crippen LogP contribution in [0.15, 0.2) is 81.7 Å². The Bertz CT molecular complexity index is 888. The molecular formula is C22H12Br2. The van der Waals surface area contributed by atoms with E-state index < -0.39 is 0 Å². The quantitative estimate of drug-likeness (QED) is 0.379. The summed E-state index contributed by atoms with van der Waals surface area (Å²) in [6, 6.07) is 23.9. The van der Waals surface area contributed by atoms with Crippen LogP contribution in [0.1, 0.15) is 22.3 Å². The van der Waals surface area contributed by atoms with Crippen LogP contribution in [0.2, 0.25) is 0 Å². The summed E-state index contributed by atoms with van der Waals surface area (Å²) in [5.41, 5.74) is 3.81. The molecule has 0 radical (unpaired) electrons. The molecule has 0 heterocycles. The van der Waals surface area contributed by atoms with Gasteiger partial charge in [0.05, 0.1) is 0 Å². The van der Waals surface area contributed by atoms with Gasteiger partial charge in [-0.1, -0.05) is 60.1 Å². The van der Waals surface area contributed by atoms with Crippen LogP contribution in [0.3, 0.4) is 0 Å². The van der Waals surface area contributed by atoms with Crippen LogP contribution in [0.25, 0.3) is 0 Å². The third kappa shape index (κ3) is 4.39. The molecule has 24 heavy (non-hydrogen) atoms. The standard InChI is InChI=1S/C22H12Br2/c23-21-16-22(24)20(14-12-18-9-5-2-6-10-18)15-19(21)13-11-17-7-3-1-4-8-17/h1-10,15-16H. The predicted molar refractivity (Wildman–Crippen MR) is 107 cm³/mol. The van der Waals surface area contributed by atoms with Gasteiger partial charge in [-0.15, -0.1) is 0 Å². The minimum absolute atomic E-state index is 0.916. The smallest absolute Gasteiger partial charge is 0.0404 e. The van der Waals surface area contributed by atoms with Crippen molar-refractivity contribution in [3.05, 3.63) is 104 Å². The third-order valence-corrected chi connectivity index (χ3v) is 4.60. The first kappa shape index (κ1) is 16.6. The molecular weight excluding hydrogens is 424 g/mol. The summed E-state index contributed by atoms with van der Waals surface area (Å²) >= 11 is 7.14. The molecule has 0 saturated heterocycles. The van der Waals surface area contributed by atoms with Crippen molar-refractivity contribution in [2.75, 3.05) is 0 Å². The summed E-state index contributed by atoms with van der Waals surface area (Å²) in [5, 5.41) is 0. The molecule has 2 heteroatoms. The zero-order valence-electron chi connectivity index (χ0n) is 12.7. The Kier molecular flexibility index (Phi) is 5.55. The van der Waals surface area contributed by atoms with Gasteiger partial charge in [0, 0.05) is 31.2 Å². The second kappa shape index (κ2) is 8.02. The summed E-state index contributed by atoms with van der Waals surface area (Å²) in [5.74, 6) is 12.8. The predicted octanol–water partition coefficient (Wildman–Crippen LogP) is 6.01.